The minimum Gasteiger partial charge on any atom is -0.316 e. The largest absolute Gasteiger partial charge is 0.316 e. The monoisotopic (exact) mass is 348 g/mol. The molecule has 1 amide bonds. The van der Waals surface area contributed by atoms with Crippen LogP contribution in [0.2, 0.25) is 0 Å². The van der Waals surface area contributed by atoms with E-state index in [2.05, 4.69) is 27.9 Å². The van der Waals surface area contributed by atoms with E-state index in [0.717, 1.165) is 38.3 Å². The first-order valence-corrected chi connectivity index (χ1v) is 8.37. The number of nitrogens with one attached hydrogen (secondary N) is 2. The number of aromatic nitrogens is 2. The van der Waals surface area contributed by atoms with Crippen molar-refractivity contribution in [2.45, 2.75) is 32.2 Å². The van der Waals surface area contributed by atoms with Crippen LogP contribution in [0.25, 0.3) is 0 Å². The van der Waals surface area contributed by atoms with Crippen LogP contribution in [0.15, 0.2) is 42.6 Å². The Balaban J connectivity index is 0.00000208. The van der Waals surface area contributed by atoms with Gasteiger partial charge in [-0.25, -0.2) is 4.68 Å². The highest BCUT2D eigenvalue weighted by atomic mass is 35.5. The first kappa shape index (κ1) is 18.5. The van der Waals surface area contributed by atoms with Crippen LogP contribution in [-0.2, 0) is 17.8 Å². The fourth-order valence-electron chi connectivity index (χ4n) is 3.00. The van der Waals surface area contributed by atoms with Crippen molar-refractivity contribution in [3.63, 3.8) is 0 Å². The van der Waals surface area contributed by atoms with Gasteiger partial charge >= 0.3 is 0 Å². The number of halogens is 1. The predicted octanol–water partition coefficient (Wildman–Crippen LogP) is 2.88. The quantitative estimate of drug-likeness (QED) is 0.808. The highest BCUT2D eigenvalue weighted by Gasteiger charge is 2.16. The molecule has 2 heterocycles. The summed E-state index contributed by atoms with van der Waals surface area (Å²) in [5.41, 5.74) is 1.27. The van der Waals surface area contributed by atoms with Gasteiger partial charge in [0.1, 0.15) is 5.82 Å². The zero-order chi connectivity index (χ0) is 15.9. The molecule has 6 heteroatoms. The summed E-state index contributed by atoms with van der Waals surface area (Å²) in [5, 5.41) is 10.6. The van der Waals surface area contributed by atoms with E-state index >= 15 is 0 Å². The summed E-state index contributed by atoms with van der Waals surface area (Å²) in [6.07, 6.45) is 5.36. The van der Waals surface area contributed by atoms with E-state index in [0.29, 0.717) is 12.3 Å². The van der Waals surface area contributed by atoms with E-state index in [-0.39, 0.29) is 18.3 Å². The van der Waals surface area contributed by atoms with Gasteiger partial charge < -0.3 is 10.6 Å². The van der Waals surface area contributed by atoms with Gasteiger partial charge in [-0.3, -0.25) is 4.79 Å². The molecule has 5 nitrogen and oxygen atoms in total. The average molecular weight is 349 g/mol. The van der Waals surface area contributed by atoms with Crippen molar-refractivity contribution in [1.29, 1.82) is 0 Å². The summed E-state index contributed by atoms with van der Waals surface area (Å²) >= 11 is 0. The molecule has 1 saturated heterocycles. The lowest BCUT2D eigenvalue weighted by Gasteiger charge is -2.11. The Labute approximate surface area is 149 Å². The Morgan fingerprint density at radius 1 is 1.29 bits per heavy atom. The lowest BCUT2D eigenvalue weighted by molar-refractivity contribution is -0.116. The molecule has 1 aromatic heterocycles. The predicted molar refractivity (Wildman–Crippen MR) is 98.5 cm³/mol. The Hall–Kier alpha value is -1.85. The Bertz CT molecular complexity index is 623. The van der Waals surface area contributed by atoms with Crippen LogP contribution in [0.5, 0.6) is 0 Å². The van der Waals surface area contributed by atoms with Crippen molar-refractivity contribution in [1.82, 2.24) is 15.1 Å². The van der Waals surface area contributed by atoms with Crippen molar-refractivity contribution in [2.24, 2.45) is 5.92 Å². The van der Waals surface area contributed by atoms with Crippen molar-refractivity contribution in [3.05, 3.63) is 48.2 Å². The topological polar surface area (TPSA) is 59.0 Å². The number of aryl methyl sites for hydroxylation is 2. The number of amides is 1. The number of benzene rings is 1. The van der Waals surface area contributed by atoms with Crippen LogP contribution in [0.1, 0.15) is 24.8 Å². The number of nitrogens with zero attached hydrogens (tertiary/aromatic N) is 2. The van der Waals surface area contributed by atoms with Crippen molar-refractivity contribution >= 4 is 24.1 Å². The van der Waals surface area contributed by atoms with Crippen LogP contribution in [0.3, 0.4) is 0 Å². The molecule has 3 rings (SSSR count). The molecular weight excluding hydrogens is 324 g/mol. The summed E-state index contributed by atoms with van der Waals surface area (Å²) in [5.74, 6) is 1.51. The lowest BCUT2D eigenvalue weighted by atomic mass is 10.0. The Morgan fingerprint density at radius 3 is 2.88 bits per heavy atom. The molecule has 130 valence electrons. The molecule has 1 aromatic carbocycles. The molecule has 0 bridgehead atoms. The maximum absolute atomic E-state index is 12.1. The minimum absolute atomic E-state index is 0. The summed E-state index contributed by atoms with van der Waals surface area (Å²) in [4.78, 5) is 12.1. The standard InChI is InChI=1S/C18H24N4O.ClH/c23-18(7-6-16-8-11-19-14-16)21-17-9-12-20-22(17)13-10-15-4-2-1-3-5-15;/h1-5,9,12,16,19H,6-8,10-11,13-14H2,(H,21,23);1H. The van der Waals surface area contributed by atoms with Gasteiger partial charge in [0.05, 0.1) is 6.20 Å². The average Bonchev–Trinajstić information content (AvgIpc) is 3.24. The third-order valence-corrected chi connectivity index (χ3v) is 4.38. The Kier molecular flexibility index (Phi) is 7.28. The van der Waals surface area contributed by atoms with Crippen molar-refractivity contribution < 1.29 is 4.79 Å². The highest BCUT2D eigenvalue weighted by molar-refractivity contribution is 5.89. The van der Waals surface area contributed by atoms with E-state index in [1.807, 2.05) is 28.9 Å². The molecule has 0 radical (unpaired) electrons. The normalized spacial score (nSPS) is 16.6. The van der Waals surface area contributed by atoms with E-state index in [1.54, 1.807) is 6.20 Å². The lowest BCUT2D eigenvalue weighted by Crippen LogP contribution is -2.18. The van der Waals surface area contributed by atoms with Crippen LogP contribution in [0, 0.1) is 5.92 Å². The van der Waals surface area contributed by atoms with Gasteiger partial charge in [0.25, 0.3) is 0 Å². The summed E-state index contributed by atoms with van der Waals surface area (Å²) in [6.45, 7) is 2.89. The SMILES string of the molecule is Cl.O=C(CCC1CCNC1)Nc1ccnn1CCc1ccccc1. The second-order valence-corrected chi connectivity index (χ2v) is 6.12. The summed E-state index contributed by atoms with van der Waals surface area (Å²) in [6, 6.07) is 12.2. The number of hydrogen-bond donors (Lipinski definition) is 2. The molecule has 1 atom stereocenters. The van der Waals surface area contributed by atoms with Gasteiger partial charge in [-0.15, -0.1) is 12.4 Å². The summed E-state index contributed by atoms with van der Waals surface area (Å²) < 4.78 is 1.86. The van der Waals surface area contributed by atoms with Gasteiger partial charge in [0, 0.05) is 19.0 Å². The molecule has 1 aliphatic rings. The highest BCUT2D eigenvalue weighted by Crippen LogP contribution is 2.15. The summed E-state index contributed by atoms with van der Waals surface area (Å²) in [7, 11) is 0. The minimum atomic E-state index is 0. The maximum atomic E-state index is 12.1. The molecule has 0 aliphatic carbocycles. The number of carbonyl (C=O) groups excluding carboxylic acids is 1. The zero-order valence-electron chi connectivity index (χ0n) is 13.8. The van der Waals surface area contributed by atoms with Crippen molar-refractivity contribution in [3.8, 4) is 0 Å². The molecule has 2 N–H and O–H groups in total. The molecule has 0 spiro atoms. The molecule has 1 unspecified atom stereocenters. The molecule has 1 aliphatic heterocycles. The van der Waals surface area contributed by atoms with Crippen LogP contribution in [0.4, 0.5) is 5.82 Å². The van der Waals surface area contributed by atoms with Crippen LogP contribution >= 0.6 is 12.4 Å². The third kappa shape index (κ3) is 5.35. The number of carbonyl (C=O) groups is 1. The van der Waals surface area contributed by atoms with E-state index in [4.69, 9.17) is 0 Å². The number of hydrogen-bond acceptors (Lipinski definition) is 3. The maximum Gasteiger partial charge on any atom is 0.225 e. The smallest absolute Gasteiger partial charge is 0.225 e. The molecule has 1 fully saturated rings. The second kappa shape index (κ2) is 9.45. The van der Waals surface area contributed by atoms with E-state index < -0.39 is 0 Å². The first-order chi connectivity index (χ1) is 11.3. The Morgan fingerprint density at radius 2 is 2.12 bits per heavy atom. The number of rotatable bonds is 7. The molecule has 0 saturated carbocycles. The van der Waals surface area contributed by atoms with Gasteiger partial charge in [-0.1, -0.05) is 30.3 Å². The van der Waals surface area contributed by atoms with Crippen molar-refractivity contribution in [2.75, 3.05) is 18.4 Å². The van der Waals surface area contributed by atoms with Gasteiger partial charge in [-0.05, 0) is 43.8 Å². The van der Waals surface area contributed by atoms with E-state index in [9.17, 15) is 4.79 Å². The van der Waals surface area contributed by atoms with Crippen LogP contribution < -0.4 is 10.6 Å². The third-order valence-electron chi connectivity index (χ3n) is 4.38. The molecule has 2 aromatic rings. The van der Waals surface area contributed by atoms with Crippen LogP contribution in [-0.4, -0.2) is 28.8 Å². The molecular formula is C18H25ClN4O. The first-order valence-electron chi connectivity index (χ1n) is 8.37. The van der Waals surface area contributed by atoms with E-state index in [1.165, 1.54) is 12.0 Å². The fraction of sp³-hybridized carbons (Fsp3) is 0.444. The van der Waals surface area contributed by atoms with Gasteiger partial charge in [-0.2, -0.15) is 5.10 Å². The fourth-order valence-corrected chi connectivity index (χ4v) is 3.00. The van der Waals surface area contributed by atoms with Gasteiger partial charge in [0.15, 0.2) is 0 Å². The molecule has 24 heavy (non-hydrogen) atoms. The second-order valence-electron chi connectivity index (χ2n) is 6.12. The zero-order valence-corrected chi connectivity index (χ0v) is 14.6. The number of anilines is 1. The van der Waals surface area contributed by atoms with Gasteiger partial charge in [0.2, 0.25) is 5.91 Å².